The number of amidine groups is 1. The molecule has 1 aromatic carbocycles. The lowest BCUT2D eigenvalue weighted by atomic mass is 9.54. The molecular formula is C25H35N5. The van der Waals surface area contributed by atoms with E-state index in [0.29, 0.717) is 18.3 Å². The first-order valence-corrected chi connectivity index (χ1v) is 11.8. The predicted octanol–water partition coefficient (Wildman–Crippen LogP) is 3.66. The van der Waals surface area contributed by atoms with Crippen molar-refractivity contribution in [3.63, 3.8) is 0 Å². The second-order valence-electron chi connectivity index (χ2n) is 10.4. The van der Waals surface area contributed by atoms with Gasteiger partial charge in [-0.25, -0.2) is 0 Å². The van der Waals surface area contributed by atoms with Gasteiger partial charge < -0.3 is 10.6 Å². The van der Waals surface area contributed by atoms with E-state index in [0.717, 1.165) is 49.9 Å². The van der Waals surface area contributed by atoms with Crippen LogP contribution in [0.2, 0.25) is 0 Å². The molecule has 1 heterocycles. The average Bonchev–Trinajstić information content (AvgIpc) is 2.76. The molecule has 0 radical (unpaired) electrons. The summed E-state index contributed by atoms with van der Waals surface area (Å²) in [5, 5.41) is 9.62. The molecule has 4 bridgehead atoms. The van der Waals surface area contributed by atoms with Gasteiger partial charge in [-0.3, -0.25) is 9.89 Å². The van der Waals surface area contributed by atoms with Crippen LogP contribution in [0.1, 0.15) is 45.4 Å². The second kappa shape index (κ2) is 7.89. The fraction of sp³-hybridized carbons (Fsp3) is 0.680. The Balaban J connectivity index is 1.32. The lowest BCUT2D eigenvalue weighted by molar-refractivity contribution is 0.000694. The molecule has 4 saturated carbocycles. The van der Waals surface area contributed by atoms with E-state index in [9.17, 15) is 5.26 Å². The first kappa shape index (κ1) is 19.9. The Hall–Kier alpha value is -2.06. The highest BCUT2D eigenvalue weighted by molar-refractivity contribution is 5.90. The van der Waals surface area contributed by atoms with Crippen molar-refractivity contribution in [3.8, 4) is 6.07 Å². The highest BCUT2D eigenvalue weighted by Crippen LogP contribution is 2.54. The van der Waals surface area contributed by atoms with Gasteiger partial charge in [0, 0.05) is 31.9 Å². The minimum atomic E-state index is -0.466. The summed E-state index contributed by atoms with van der Waals surface area (Å²) in [6.45, 7) is 5.87. The Bertz CT molecular complexity index is 792. The molecule has 5 aliphatic rings. The normalized spacial score (nSPS) is 35.8. The number of anilines is 1. The van der Waals surface area contributed by atoms with Crippen molar-refractivity contribution < 1.29 is 0 Å². The van der Waals surface area contributed by atoms with Gasteiger partial charge in [-0.2, -0.15) is 5.26 Å². The quantitative estimate of drug-likeness (QED) is 0.600. The predicted molar refractivity (Wildman–Crippen MR) is 121 cm³/mol. The molecule has 160 valence electrons. The standard InChI is InChI=1S/C25H35N5/c1-25(7-8-26,30-11-9-29(10-12-30)22-5-3-2-4-6-22)24(27)28-23-20-14-18-13-19(16-20)17-21(23)15-18/h2-6,18-21,23H,7,9-17H2,1H3,(H2,27,28). The minimum absolute atomic E-state index is 0.390. The van der Waals surface area contributed by atoms with Crippen LogP contribution in [0, 0.1) is 35.0 Å². The number of piperazine rings is 1. The topological polar surface area (TPSA) is 68.6 Å². The zero-order chi connectivity index (χ0) is 20.7. The van der Waals surface area contributed by atoms with E-state index >= 15 is 0 Å². The van der Waals surface area contributed by atoms with Gasteiger partial charge in [-0.05, 0) is 74.8 Å². The molecular weight excluding hydrogens is 370 g/mol. The van der Waals surface area contributed by atoms with Crippen LogP contribution in [0.3, 0.4) is 0 Å². The largest absolute Gasteiger partial charge is 0.386 e. The van der Waals surface area contributed by atoms with Gasteiger partial charge in [0.05, 0.1) is 24.1 Å². The van der Waals surface area contributed by atoms with Crippen LogP contribution in [0.25, 0.3) is 0 Å². The van der Waals surface area contributed by atoms with E-state index in [1.54, 1.807) is 0 Å². The van der Waals surface area contributed by atoms with Gasteiger partial charge >= 0.3 is 0 Å². The number of aliphatic imine (C=N–C) groups is 1. The van der Waals surface area contributed by atoms with Crippen molar-refractivity contribution in [2.75, 3.05) is 31.1 Å². The van der Waals surface area contributed by atoms with Crippen LogP contribution in [-0.2, 0) is 0 Å². The zero-order valence-corrected chi connectivity index (χ0v) is 18.2. The molecule has 2 N–H and O–H groups in total. The first-order valence-electron chi connectivity index (χ1n) is 11.8. The average molecular weight is 406 g/mol. The Morgan fingerprint density at radius 3 is 2.20 bits per heavy atom. The molecule has 0 spiro atoms. The highest BCUT2D eigenvalue weighted by atomic mass is 15.3. The van der Waals surface area contributed by atoms with Gasteiger partial charge in [0.25, 0.3) is 0 Å². The van der Waals surface area contributed by atoms with Crippen molar-refractivity contribution >= 4 is 11.5 Å². The van der Waals surface area contributed by atoms with E-state index in [4.69, 9.17) is 10.7 Å². The molecule has 5 fully saturated rings. The number of hydrogen-bond donors (Lipinski definition) is 1. The van der Waals surface area contributed by atoms with Crippen LogP contribution in [-0.4, -0.2) is 48.5 Å². The maximum atomic E-state index is 9.62. The summed E-state index contributed by atoms with van der Waals surface area (Å²) < 4.78 is 0. The molecule has 1 atom stereocenters. The van der Waals surface area contributed by atoms with Crippen molar-refractivity contribution in [2.45, 2.75) is 57.0 Å². The van der Waals surface area contributed by atoms with Gasteiger partial charge in [-0.15, -0.1) is 0 Å². The minimum Gasteiger partial charge on any atom is -0.386 e. The van der Waals surface area contributed by atoms with E-state index in [1.165, 1.54) is 37.8 Å². The molecule has 1 aromatic rings. The molecule has 5 heteroatoms. The molecule has 4 aliphatic carbocycles. The van der Waals surface area contributed by atoms with Crippen molar-refractivity contribution in [3.05, 3.63) is 30.3 Å². The molecule has 1 aliphatic heterocycles. The number of nitrogens with zero attached hydrogens (tertiary/aromatic N) is 4. The molecule has 30 heavy (non-hydrogen) atoms. The lowest BCUT2D eigenvalue weighted by Crippen LogP contribution is -2.62. The smallest absolute Gasteiger partial charge is 0.115 e. The van der Waals surface area contributed by atoms with E-state index in [1.807, 2.05) is 0 Å². The van der Waals surface area contributed by atoms with Crippen LogP contribution in [0.15, 0.2) is 35.3 Å². The van der Waals surface area contributed by atoms with E-state index < -0.39 is 5.54 Å². The monoisotopic (exact) mass is 405 g/mol. The summed E-state index contributed by atoms with van der Waals surface area (Å²) in [5.74, 6) is 4.03. The van der Waals surface area contributed by atoms with Gasteiger partial charge in [0.1, 0.15) is 5.84 Å². The summed E-state index contributed by atoms with van der Waals surface area (Å²) >= 11 is 0. The zero-order valence-electron chi connectivity index (χ0n) is 18.2. The molecule has 1 saturated heterocycles. The molecule has 6 rings (SSSR count). The SMILES string of the molecule is CC(CC#N)(C(N)=NC1C2CC3CC(C2)CC1C3)N1CCN(c2ccccc2)CC1. The van der Waals surface area contributed by atoms with Crippen molar-refractivity contribution in [1.29, 1.82) is 5.26 Å². The van der Waals surface area contributed by atoms with Crippen LogP contribution in [0.5, 0.6) is 0 Å². The van der Waals surface area contributed by atoms with Crippen LogP contribution < -0.4 is 10.6 Å². The Kier molecular flexibility index (Phi) is 5.23. The number of nitrogens with two attached hydrogens (primary N) is 1. The fourth-order valence-corrected chi connectivity index (χ4v) is 7.02. The van der Waals surface area contributed by atoms with E-state index in [2.05, 4.69) is 53.1 Å². The number of para-hydroxylation sites is 1. The number of rotatable bonds is 5. The summed E-state index contributed by atoms with van der Waals surface area (Å²) in [4.78, 5) is 10.0. The number of hydrogen-bond acceptors (Lipinski definition) is 4. The Morgan fingerprint density at radius 1 is 1.03 bits per heavy atom. The maximum Gasteiger partial charge on any atom is 0.115 e. The third-order valence-electron chi connectivity index (χ3n) is 8.54. The van der Waals surface area contributed by atoms with Crippen LogP contribution >= 0.6 is 0 Å². The van der Waals surface area contributed by atoms with Gasteiger partial charge in [-0.1, -0.05) is 18.2 Å². The summed E-state index contributed by atoms with van der Waals surface area (Å²) in [6.07, 6.45) is 7.24. The van der Waals surface area contributed by atoms with Gasteiger partial charge in [0.15, 0.2) is 0 Å². The third-order valence-corrected chi connectivity index (χ3v) is 8.54. The van der Waals surface area contributed by atoms with Gasteiger partial charge in [0.2, 0.25) is 0 Å². The lowest BCUT2D eigenvalue weighted by Gasteiger charge is -2.53. The Labute approximate surface area is 180 Å². The van der Waals surface area contributed by atoms with Crippen molar-refractivity contribution in [2.24, 2.45) is 34.4 Å². The first-order chi connectivity index (χ1) is 14.6. The van der Waals surface area contributed by atoms with Crippen LogP contribution in [0.4, 0.5) is 5.69 Å². The molecule has 5 nitrogen and oxygen atoms in total. The number of nitriles is 1. The summed E-state index contributed by atoms with van der Waals surface area (Å²) in [7, 11) is 0. The third kappa shape index (κ3) is 3.50. The molecule has 0 amide bonds. The van der Waals surface area contributed by atoms with E-state index in [-0.39, 0.29) is 0 Å². The molecule has 0 aromatic heterocycles. The van der Waals surface area contributed by atoms with Crippen molar-refractivity contribution in [1.82, 2.24) is 4.90 Å². The summed E-state index contributed by atoms with van der Waals surface area (Å²) in [6, 6.07) is 13.4. The highest BCUT2D eigenvalue weighted by Gasteiger charge is 2.49. The fourth-order valence-electron chi connectivity index (χ4n) is 7.02. The maximum absolute atomic E-state index is 9.62. The second-order valence-corrected chi connectivity index (χ2v) is 10.4. The number of benzene rings is 1. The Morgan fingerprint density at radius 2 is 1.63 bits per heavy atom. The molecule has 1 unspecified atom stereocenters. The summed E-state index contributed by atoms with van der Waals surface area (Å²) in [5.41, 5.74) is 7.54.